The normalized spacial score (nSPS) is 20.7. The molecule has 2 atom stereocenters. The third-order valence-corrected chi connectivity index (χ3v) is 5.92. The lowest BCUT2D eigenvalue weighted by molar-refractivity contribution is -0.141. The Morgan fingerprint density at radius 3 is 2.79 bits per heavy atom. The molecule has 2 aromatic heterocycles. The number of aromatic nitrogens is 2. The summed E-state index contributed by atoms with van der Waals surface area (Å²) in [4.78, 5) is 23.2. The van der Waals surface area contributed by atoms with Crippen LogP contribution in [0.4, 0.5) is 13.2 Å². The zero-order valence-electron chi connectivity index (χ0n) is 15.3. The summed E-state index contributed by atoms with van der Waals surface area (Å²) < 4.78 is 49.3. The van der Waals surface area contributed by atoms with Crippen LogP contribution in [0.15, 0.2) is 23.8 Å². The number of pyridine rings is 1. The Morgan fingerprint density at radius 1 is 1.31 bits per heavy atom. The molecule has 4 heterocycles. The molecule has 0 aromatic carbocycles. The van der Waals surface area contributed by atoms with Crippen LogP contribution in [0.5, 0.6) is 5.88 Å². The van der Waals surface area contributed by atoms with E-state index in [0.29, 0.717) is 37.7 Å². The number of rotatable bonds is 5. The molecule has 0 spiro atoms. The highest BCUT2D eigenvalue weighted by Crippen LogP contribution is 2.36. The van der Waals surface area contributed by atoms with Crippen LogP contribution >= 0.6 is 11.3 Å². The average molecular weight is 428 g/mol. The topological polar surface area (TPSA) is 76.6 Å². The van der Waals surface area contributed by atoms with Gasteiger partial charge in [-0.2, -0.15) is 13.2 Å². The molecule has 0 saturated carbocycles. The summed E-state index contributed by atoms with van der Waals surface area (Å²) >= 11 is 1.37. The Kier molecular flexibility index (Phi) is 5.70. The van der Waals surface area contributed by atoms with Crippen LogP contribution in [-0.2, 0) is 15.7 Å². The SMILES string of the molecule is O=C(NCC(c1ccc(C(F)(F)F)nc1)N1CCOCC1)C1COc2ncsc21. The molecule has 0 aliphatic carbocycles. The van der Waals surface area contributed by atoms with E-state index in [4.69, 9.17) is 9.47 Å². The highest BCUT2D eigenvalue weighted by molar-refractivity contribution is 7.10. The Morgan fingerprint density at radius 2 is 2.10 bits per heavy atom. The number of hydrogen-bond donors (Lipinski definition) is 1. The first kappa shape index (κ1) is 20.0. The molecule has 7 nitrogen and oxygen atoms in total. The summed E-state index contributed by atoms with van der Waals surface area (Å²) in [5.41, 5.74) is 1.31. The minimum atomic E-state index is -4.49. The second-order valence-corrected chi connectivity index (χ2v) is 7.66. The van der Waals surface area contributed by atoms with E-state index in [1.165, 1.54) is 23.6 Å². The van der Waals surface area contributed by atoms with Gasteiger partial charge in [-0.15, -0.1) is 11.3 Å². The van der Waals surface area contributed by atoms with Crippen molar-refractivity contribution in [2.24, 2.45) is 0 Å². The van der Waals surface area contributed by atoms with Crippen LogP contribution in [-0.4, -0.2) is 60.2 Å². The van der Waals surface area contributed by atoms with Crippen LogP contribution in [0.3, 0.4) is 0 Å². The number of fused-ring (bicyclic) bond motifs is 1. The van der Waals surface area contributed by atoms with Crippen LogP contribution < -0.4 is 10.1 Å². The summed E-state index contributed by atoms with van der Waals surface area (Å²) in [7, 11) is 0. The lowest BCUT2D eigenvalue weighted by Crippen LogP contribution is -2.44. The summed E-state index contributed by atoms with van der Waals surface area (Å²) in [5, 5.41) is 2.92. The molecule has 4 rings (SSSR count). The zero-order chi connectivity index (χ0) is 20.4. The number of nitrogens with zero attached hydrogens (tertiary/aromatic N) is 3. The van der Waals surface area contributed by atoms with E-state index in [2.05, 4.69) is 20.2 Å². The molecule has 1 N–H and O–H groups in total. The van der Waals surface area contributed by atoms with E-state index < -0.39 is 17.8 Å². The van der Waals surface area contributed by atoms with E-state index in [-0.39, 0.29) is 25.1 Å². The van der Waals surface area contributed by atoms with Gasteiger partial charge in [-0.3, -0.25) is 14.7 Å². The molecular formula is C18H19F3N4O3S. The lowest BCUT2D eigenvalue weighted by Gasteiger charge is -2.35. The number of carbonyl (C=O) groups is 1. The molecule has 156 valence electrons. The van der Waals surface area contributed by atoms with Gasteiger partial charge >= 0.3 is 6.18 Å². The smallest absolute Gasteiger partial charge is 0.433 e. The maximum Gasteiger partial charge on any atom is 0.433 e. The van der Waals surface area contributed by atoms with E-state index in [9.17, 15) is 18.0 Å². The maximum atomic E-state index is 12.8. The number of halogens is 3. The Balaban J connectivity index is 1.48. The summed E-state index contributed by atoms with van der Waals surface area (Å²) in [6.07, 6.45) is -3.26. The number of ether oxygens (including phenoxy) is 2. The molecule has 1 saturated heterocycles. The van der Waals surface area contributed by atoms with E-state index in [1.807, 2.05) is 0 Å². The fourth-order valence-electron chi connectivity index (χ4n) is 3.45. The van der Waals surface area contributed by atoms with E-state index in [1.54, 1.807) is 5.51 Å². The van der Waals surface area contributed by atoms with Crippen molar-refractivity contribution in [3.63, 3.8) is 0 Å². The van der Waals surface area contributed by atoms with Crippen LogP contribution in [0.2, 0.25) is 0 Å². The molecule has 2 aliphatic rings. The summed E-state index contributed by atoms with van der Waals surface area (Å²) in [6.45, 7) is 2.78. The third-order valence-electron chi connectivity index (χ3n) is 5.00. The Bertz CT molecular complexity index is 853. The second kappa shape index (κ2) is 8.25. The highest BCUT2D eigenvalue weighted by Gasteiger charge is 2.35. The predicted octanol–water partition coefficient (Wildman–Crippen LogP) is 2.22. The van der Waals surface area contributed by atoms with Crippen molar-refractivity contribution in [3.05, 3.63) is 40.0 Å². The van der Waals surface area contributed by atoms with Crippen molar-refractivity contribution in [2.75, 3.05) is 39.5 Å². The maximum absolute atomic E-state index is 12.8. The van der Waals surface area contributed by atoms with Gasteiger partial charge in [0.05, 0.1) is 29.6 Å². The minimum absolute atomic E-state index is 0.189. The van der Waals surface area contributed by atoms with Crippen molar-refractivity contribution < 1.29 is 27.4 Å². The first-order valence-corrected chi connectivity index (χ1v) is 10.0. The molecule has 29 heavy (non-hydrogen) atoms. The van der Waals surface area contributed by atoms with Crippen molar-refractivity contribution in [3.8, 4) is 5.88 Å². The van der Waals surface area contributed by atoms with Gasteiger partial charge in [0.2, 0.25) is 11.8 Å². The molecule has 0 radical (unpaired) electrons. The third kappa shape index (κ3) is 4.36. The molecular weight excluding hydrogens is 409 g/mol. The molecule has 0 bridgehead atoms. The molecule has 2 aromatic rings. The monoisotopic (exact) mass is 428 g/mol. The van der Waals surface area contributed by atoms with Crippen molar-refractivity contribution in [1.29, 1.82) is 0 Å². The molecule has 2 unspecified atom stereocenters. The molecule has 1 fully saturated rings. The fourth-order valence-corrected chi connectivity index (χ4v) is 4.27. The predicted molar refractivity (Wildman–Crippen MR) is 97.7 cm³/mol. The van der Waals surface area contributed by atoms with E-state index >= 15 is 0 Å². The van der Waals surface area contributed by atoms with Crippen LogP contribution in [0.1, 0.15) is 28.1 Å². The number of alkyl halides is 3. The van der Waals surface area contributed by atoms with Crippen molar-refractivity contribution in [2.45, 2.75) is 18.1 Å². The van der Waals surface area contributed by atoms with Gasteiger partial charge in [0.25, 0.3) is 0 Å². The summed E-state index contributed by atoms with van der Waals surface area (Å²) in [6, 6.07) is 2.09. The van der Waals surface area contributed by atoms with Gasteiger partial charge in [-0.25, -0.2) is 4.98 Å². The standard InChI is InChI=1S/C18H19F3N4O3S/c19-18(20,21)14-2-1-11(7-22-14)13(25-3-5-27-6-4-25)8-23-16(26)12-9-28-17-15(12)29-10-24-17/h1-2,7,10,12-13H,3-6,8-9H2,(H,23,26). The Labute approximate surface area is 168 Å². The van der Waals surface area contributed by atoms with Gasteiger partial charge in [0.15, 0.2) is 0 Å². The Hall–Kier alpha value is -2.24. The summed E-state index contributed by atoms with van der Waals surface area (Å²) in [5.74, 6) is -0.119. The number of amides is 1. The number of carbonyl (C=O) groups excluding carboxylic acids is 1. The number of hydrogen-bond acceptors (Lipinski definition) is 7. The first-order valence-electron chi connectivity index (χ1n) is 9.12. The van der Waals surface area contributed by atoms with Crippen LogP contribution in [0, 0.1) is 0 Å². The molecule has 11 heteroatoms. The van der Waals surface area contributed by atoms with Crippen molar-refractivity contribution in [1.82, 2.24) is 20.2 Å². The first-order chi connectivity index (χ1) is 13.9. The van der Waals surface area contributed by atoms with Gasteiger partial charge in [0, 0.05) is 25.8 Å². The van der Waals surface area contributed by atoms with Gasteiger partial charge in [-0.05, 0) is 11.6 Å². The second-order valence-electron chi connectivity index (χ2n) is 6.77. The van der Waals surface area contributed by atoms with Gasteiger partial charge in [-0.1, -0.05) is 6.07 Å². The quantitative estimate of drug-likeness (QED) is 0.787. The largest absolute Gasteiger partial charge is 0.476 e. The lowest BCUT2D eigenvalue weighted by atomic mass is 10.0. The fraction of sp³-hybridized carbons (Fsp3) is 0.500. The number of thiazole rings is 1. The van der Waals surface area contributed by atoms with Crippen molar-refractivity contribution >= 4 is 17.2 Å². The van der Waals surface area contributed by atoms with Gasteiger partial charge in [0.1, 0.15) is 18.2 Å². The highest BCUT2D eigenvalue weighted by atomic mass is 32.1. The molecule has 1 amide bonds. The minimum Gasteiger partial charge on any atom is -0.476 e. The molecule has 2 aliphatic heterocycles. The van der Waals surface area contributed by atoms with Gasteiger partial charge < -0.3 is 14.8 Å². The number of nitrogens with one attached hydrogen (secondary N) is 1. The zero-order valence-corrected chi connectivity index (χ0v) is 16.1. The number of morpholine rings is 1. The average Bonchev–Trinajstić information content (AvgIpc) is 3.32. The van der Waals surface area contributed by atoms with Crippen LogP contribution in [0.25, 0.3) is 0 Å². The van der Waals surface area contributed by atoms with E-state index in [0.717, 1.165) is 10.9 Å².